The van der Waals surface area contributed by atoms with Gasteiger partial charge < -0.3 is 15.7 Å². The summed E-state index contributed by atoms with van der Waals surface area (Å²) in [5.41, 5.74) is 5.42. The molecule has 17 heavy (non-hydrogen) atoms. The first-order valence-corrected chi connectivity index (χ1v) is 6.13. The number of amides is 1. The maximum atomic E-state index is 12.2. The van der Waals surface area contributed by atoms with E-state index in [0.717, 1.165) is 12.8 Å². The molecule has 0 spiro atoms. The lowest BCUT2D eigenvalue weighted by Crippen LogP contribution is -2.46. The molecule has 0 radical (unpaired) electrons. The monoisotopic (exact) mass is 240 g/mol. The summed E-state index contributed by atoms with van der Waals surface area (Å²) in [5, 5.41) is 9.06. The second-order valence-corrected chi connectivity index (χ2v) is 5.80. The van der Waals surface area contributed by atoms with E-state index in [2.05, 4.69) is 0 Å². The lowest BCUT2D eigenvalue weighted by atomic mass is 10.0. The van der Waals surface area contributed by atoms with Gasteiger partial charge in [-0.15, -0.1) is 0 Å². The highest BCUT2D eigenvalue weighted by atomic mass is 16.4. The van der Waals surface area contributed by atoms with Crippen LogP contribution in [-0.2, 0) is 9.59 Å². The van der Waals surface area contributed by atoms with Crippen LogP contribution >= 0.6 is 0 Å². The highest BCUT2D eigenvalue weighted by molar-refractivity contribution is 5.91. The van der Waals surface area contributed by atoms with Crippen LogP contribution in [0.1, 0.15) is 26.7 Å². The Balaban J connectivity index is 2.04. The number of rotatable bonds is 2. The van der Waals surface area contributed by atoms with Crippen LogP contribution in [0.2, 0.25) is 0 Å². The Bertz CT molecular complexity index is 354. The van der Waals surface area contributed by atoms with E-state index in [9.17, 15) is 9.59 Å². The molecule has 1 aliphatic heterocycles. The molecule has 2 fully saturated rings. The Morgan fingerprint density at radius 1 is 1.35 bits per heavy atom. The van der Waals surface area contributed by atoms with Crippen molar-refractivity contribution in [1.29, 1.82) is 0 Å². The van der Waals surface area contributed by atoms with Gasteiger partial charge in [0.15, 0.2) is 0 Å². The average Bonchev–Trinajstić information content (AvgIpc) is 2.80. The van der Waals surface area contributed by atoms with E-state index in [1.165, 1.54) is 0 Å². The SMILES string of the molecule is CC1(C)C(C(=O)O)C1C(=O)N1CCCC(N)C1. The van der Waals surface area contributed by atoms with Gasteiger partial charge in [-0.2, -0.15) is 0 Å². The summed E-state index contributed by atoms with van der Waals surface area (Å²) in [6.45, 7) is 4.97. The van der Waals surface area contributed by atoms with E-state index in [4.69, 9.17) is 10.8 Å². The van der Waals surface area contributed by atoms with Crippen LogP contribution in [0.3, 0.4) is 0 Å². The molecule has 0 aromatic heterocycles. The molecule has 5 nitrogen and oxygen atoms in total. The highest BCUT2D eigenvalue weighted by Gasteiger charge is 2.66. The minimum absolute atomic E-state index is 0.0300. The predicted molar refractivity (Wildman–Crippen MR) is 62.2 cm³/mol. The van der Waals surface area contributed by atoms with Gasteiger partial charge in [-0.05, 0) is 18.3 Å². The third-order valence-corrected chi connectivity index (χ3v) is 4.13. The Morgan fingerprint density at radius 3 is 2.47 bits per heavy atom. The van der Waals surface area contributed by atoms with Gasteiger partial charge in [0.25, 0.3) is 0 Å². The fourth-order valence-corrected chi connectivity index (χ4v) is 2.97. The van der Waals surface area contributed by atoms with Gasteiger partial charge in [0.05, 0.1) is 11.8 Å². The predicted octanol–water partition coefficient (Wildman–Crippen LogP) is 0.293. The second-order valence-electron chi connectivity index (χ2n) is 5.80. The number of carboxylic acids is 1. The molecule has 1 saturated carbocycles. The van der Waals surface area contributed by atoms with Crippen molar-refractivity contribution >= 4 is 11.9 Å². The molecular formula is C12H20N2O3. The molecule has 2 rings (SSSR count). The molecule has 1 aliphatic carbocycles. The molecule has 3 unspecified atom stereocenters. The molecule has 0 aromatic rings. The summed E-state index contributed by atoms with van der Waals surface area (Å²) in [6.07, 6.45) is 1.86. The van der Waals surface area contributed by atoms with Gasteiger partial charge in [-0.3, -0.25) is 9.59 Å². The molecule has 1 saturated heterocycles. The van der Waals surface area contributed by atoms with E-state index in [0.29, 0.717) is 13.1 Å². The topological polar surface area (TPSA) is 83.6 Å². The van der Waals surface area contributed by atoms with Crippen LogP contribution in [0, 0.1) is 17.3 Å². The van der Waals surface area contributed by atoms with Crippen LogP contribution in [0.15, 0.2) is 0 Å². The Hall–Kier alpha value is -1.10. The third kappa shape index (κ3) is 2.04. The van der Waals surface area contributed by atoms with Gasteiger partial charge in [-0.1, -0.05) is 13.8 Å². The standard InChI is InChI=1S/C12H20N2O3/c1-12(2)8(9(12)11(16)17)10(15)14-5-3-4-7(13)6-14/h7-9H,3-6,13H2,1-2H3,(H,16,17). The van der Waals surface area contributed by atoms with E-state index < -0.39 is 17.3 Å². The van der Waals surface area contributed by atoms with Crippen LogP contribution in [0.25, 0.3) is 0 Å². The number of likely N-dealkylation sites (tertiary alicyclic amines) is 1. The summed E-state index contributed by atoms with van der Waals surface area (Å²) < 4.78 is 0. The van der Waals surface area contributed by atoms with Crippen molar-refractivity contribution in [3.05, 3.63) is 0 Å². The van der Waals surface area contributed by atoms with Crippen molar-refractivity contribution in [3.63, 3.8) is 0 Å². The Kier molecular flexibility index (Phi) is 2.89. The number of hydrogen-bond acceptors (Lipinski definition) is 3. The Labute approximate surface area is 101 Å². The first-order valence-electron chi connectivity index (χ1n) is 6.13. The maximum absolute atomic E-state index is 12.2. The molecule has 1 amide bonds. The quantitative estimate of drug-likeness (QED) is 0.726. The first kappa shape index (κ1) is 12.4. The number of hydrogen-bond donors (Lipinski definition) is 2. The van der Waals surface area contributed by atoms with Gasteiger partial charge in [0.2, 0.25) is 5.91 Å². The van der Waals surface area contributed by atoms with Crippen LogP contribution in [-0.4, -0.2) is 41.0 Å². The van der Waals surface area contributed by atoms with Gasteiger partial charge in [0.1, 0.15) is 0 Å². The number of nitrogens with zero attached hydrogens (tertiary/aromatic N) is 1. The normalized spacial score (nSPS) is 35.5. The largest absolute Gasteiger partial charge is 0.481 e. The van der Waals surface area contributed by atoms with Crippen molar-refractivity contribution in [2.45, 2.75) is 32.7 Å². The summed E-state index contributed by atoms with van der Waals surface area (Å²) in [7, 11) is 0. The molecule has 0 bridgehead atoms. The van der Waals surface area contributed by atoms with E-state index in [1.54, 1.807) is 4.90 Å². The summed E-state index contributed by atoms with van der Waals surface area (Å²) in [4.78, 5) is 25.0. The number of aliphatic carboxylic acids is 1. The molecule has 3 N–H and O–H groups in total. The zero-order chi connectivity index (χ0) is 12.8. The molecule has 5 heteroatoms. The summed E-state index contributed by atoms with van der Waals surface area (Å²) in [5.74, 6) is -1.80. The lowest BCUT2D eigenvalue weighted by Gasteiger charge is -2.31. The molecular weight excluding hydrogens is 220 g/mol. The minimum Gasteiger partial charge on any atom is -0.481 e. The maximum Gasteiger partial charge on any atom is 0.307 e. The number of carbonyl (C=O) groups is 2. The van der Waals surface area contributed by atoms with E-state index in [-0.39, 0.29) is 17.9 Å². The molecule has 2 aliphatic rings. The number of nitrogens with two attached hydrogens (primary N) is 1. The van der Waals surface area contributed by atoms with E-state index >= 15 is 0 Å². The summed E-state index contributed by atoms with van der Waals surface area (Å²) in [6, 6.07) is 0.0397. The zero-order valence-electron chi connectivity index (χ0n) is 10.3. The van der Waals surface area contributed by atoms with Gasteiger partial charge in [0, 0.05) is 19.1 Å². The zero-order valence-corrected chi connectivity index (χ0v) is 10.3. The lowest BCUT2D eigenvalue weighted by molar-refractivity contribution is -0.142. The number of carbonyl (C=O) groups excluding carboxylic acids is 1. The smallest absolute Gasteiger partial charge is 0.307 e. The average molecular weight is 240 g/mol. The van der Waals surface area contributed by atoms with E-state index in [1.807, 2.05) is 13.8 Å². The van der Waals surface area contributed by atoms with Gasteiger partial charge >= 0.3 is 5.97 Å². The fourth-order valence-electron chi connectivity index (χ4n) is 2.97. The molecule has 96 valence electrons. The van der Waals surface area contributed by atoms with Crippen molar-refractivity contribution in [2.75, 3.05) is 13.1 Å². The van der Waals surface area contributed by atoms with Gasteiger partial charge in [-0.25, -0.2) is 0 Å². The minimum atomic E-state index is -0.866. The fraction of sp³-hybridized carbons (Fsp3) is 0.833. The van der Waals surface area contributed by atoms with Crippen LogP contribution in [0.4, 0.5) is 0 Å². The van der Waals surface area contributed by atoms with Crippen molar-refractivity contribution in [1.82, 2.24) is 4.90 Å². The van der Waals surface area contributed by atoms with Crippen LogP contribution in [0.5, 0.6) is 0 Å². The third-order valence-electron chi connectivity index (χ3n) is 4.13. The second kappa shape index (κ2) is 3.98. The van der Waals surface area contributed by atoms with Crippen molar-refractivity contribution < 1.29 is 14.7 Å². The number of piperidine rings is 1. The Morgan fingerprint density at radius 2 is 2.00 bits per heavy atom. The molecule has 0 aromatic carbocycles. The highest BCUT2D eigenvalue weighted by Crippen LogP contribution is 2.59. The summed E-state index contributed by atoms with van der Waals surface area (Å²) >= 11 is 0. The molecule has 1 heterocycles. The molecule has 3 atom stereocenters. The van der Waals surface area contributed by atoms with Crippen molar-refractivity contribution in [2.24, 2.45) is 23.0 Å². The first-order chi connectivity index (χ1) is 7.85. The number of carboxylic acid groups (broad SMARTS) is 1. The van der Waals surface area contributed by atoms with Crippen molar-refractivity contribution in [3.8, 4) is 0 Å². The van der Waals surface area contributed by atoms with Crippen LogP contribution < -0.4 is 5.73 Å².